The molecule has 2 rings (SSSR count). The number of carboxylic acid groups (broad SMARTS) is 1. The number of ether oxygens (including phenoxy) is 1. The second kappa shape index (κ2) is 4.04. The van der Waals surface area contributed by atoms with Crippen LogP contribution in [0.1, 0.15) is 0 Å². The standard InChI is InChI=1S/C9H6ClNO3S/c10-5-1-2-7-6(3-5)9(11-15-7)14-4-8(12)13/h1-3H,4H2,(H,12,13). The van der Waals surface area contributed by atoms with Crippen LogP contribution < -0.4 is 4.74 Å². The minimum Gasteiger partial charge on any atom is -0.479 e. The maximum atomic E-state index is 10.3. The Labute approximate surface area is 94.2 Å². The van der Waals surface area contributed by atoms with Gasteiger partial charge in [0, 0.05) is 5.02 Å². The van der Waals surface area contributed by atoms with Crippen molar-refractivity contribution in [3.8, 4) is 5.88 Å². The lowest BCUT2D eigenvalue weighted by Crippen LogP contribution is -2.09. The summed E-state index contributed by atoms with van der Waals surface area (Å²) < 4.78 is 9.94. The van der Waals surface area contributed by atoms with Gasteiger partial charge >= 0.3 is 5.97 Å². The van der Waals surface area contributed by atoms with Crippen LogP contribution in [0.25, 0.3) is 10.1 Å². The molecular formula is C9H6ClNO3S. The molecule has 4 nitrogen and oxygen atoms in total. The number of aliphatic carboxylic acids is 1. The summed E-state index contributed by atoms with van der Waals surface area (Å²) in [6.45, 7) is -0.397. The highest BCUT2D eigenvalue weighted by molar-refractivity contribution is 7.13. The predicted octanol–water partition coefficient (Wildman–Crippen LogP) is 2.41. The zero-order chi connectivity index (χ0) is 10.8. The van der Waals surface area contributed by atoms with E-state index in [4.69, 9.17) is 21.4 Å². The minimum atomic E-state index is -1.03. The molecule has 1 aromatic carbocycles. The van der Waals surface area contributed by atoms with Gasteiger partial charge < -0.3 is 9.84 Å². The normalized spacial score (nSPS) is 10.5. The summed E-state index contributed by atoms with van der Waals surface area (Å²) in [5, 5.41) is 9.78. The number of aromatic nitrogens is 1. The quantitative estimate of drug-likeness (QED) is 0.899. The van der Waals surface area contributed by atoms with Gasteiger partial charge in [-0.2, -0.15) is 4.37 Å². The van der Waals surface area contributed by atoms with Crippen molar-refractivity contribution in [3.05, 3.63) is 23.2 Å². The van der Waals surface area contributed by atoms with Gasteiger partial charge in [-0.25, -0.2) is 4.79 Å². The highest BCUT2D eigenvalue weighted by Gasteiger charge is 2.09. The summed E-state index contributed by atoms with van der Waals surface area (Å²) in [6.07, 6.45) is 0. The molecule has 0 bridgehead atoms. The van der Waals surface area contributed by atoms with Crippen LogP contribution in [0.4, 0.5) is 0 Å². The fraction of sp³-hybridized carbons (Fsp3) is 0.111. The Kier molecular flexibility index (Phi) is 2.75. The highest BCUT2D eigenvalue weighted by Crippen LogP contribution is 2.30. The van der Waals surface area contributed by atoms with Gasteiger partial charge in [-0.3, -0.25) is 0 Å². The van der Waals surface area contributed by atoms with E-state index < -0.39 is 12.6 Å². The lowest BCUT2D eigenvalue weighted by molar-refractivity contribution is -0.139. The number of fused-ring (bicyclic) bond motifs is 1. The summed E-state index contributed by atoms with van der Waals surface area (Å²) in [5.74, 6) is -0.710. The molecule has 6 heteroatoms. The number of rotatable bonds is 3. The van der Waals surface area contributed by atoms with Crippen molar-refractivity contribution in [3.63, 3.8) is 0 Å². The molecular weight excluding hydrogens is 238 g/mol. The smallest absolute Gasteiger partial charge is 0.341 e. The van der Waals surface area contributed by atoms with Crippen molar-refractivity contribution < 1.29 is 14.6 Å². The molecule has 0 aliphatic rings. The third kappa shape index (κ3) is 2.19. The van der Waals surface area contributed by atoms with Crippen molar-refractivity contribution in [2.45, 2.75) is 0 Å². The first-order valence-corrected chi connectivity index (χ1v) is 5.21. The SMILES string of the molecule is O=C(O)COc1nsc2ccc(Cl)cc12. The number of benzene rings is 1. The maximum Gasteiger partial charge on any atom is 0.341 e. The van der Waals surface area contributed by atoms with Crippen LogP contribution in [-0.4, -0.2) is 22.1 Å². The van der Waals surface area contributed by atoms with Crippen LogP contribution in [-0.2, 0) is 4.79 Å². The lowest BCUT2D eigenvalue weighted by atomic mass is 10.3. The molecule has 2 aromatic rings. The third-order valence-corrected chi connectivity index (χ3v) is 2.78. The van der Waals surface area contributed by atoms with Crippen LogP contribution in [0.3, 0.4) is 0 Å². The van der Waals surface area contributed by atoms with E-state index in [1.54, 1.807) is 12.1 Å². The first-order chi connectivity index (χ1) is 7.16. The van der Waals surface area contributed by atoms with E-state index in [0.717, 1.165) is 10.1 Å². The van der Waals surface area contributed by atoms with E-state index in [1.165, 1.54) is 11.5 Å². The number of halogens is 1. The van der Waals surface area contributed by atoms with E-state index in [0.29, 0.717) is 10.9 Å². The Morgan fingerprint density at radius 2 is 2.40 bits per heavy atom. The molecule has 0 aliphatic heterocycles. The molecule has 0 radical (unpaired) electrons. The molecule has 0 saturated heterocycles. The monoisotopic (exact) mass is 243 g/mol. The molecule has 1 N–H and O–H groups in total. The fourth-order valence-electron chi connectivity index (χ4n) is 1.12. The van der Waals surface area contributed by atoms with E-state index in [1.807, 2.05) is 6.07 Å². The van der Waals surface area contributed by atoms with Crippen molar-refractivity contribution in [2.75, 3.05) is 6.61 Å². The fourth-order valence-corrected chi connectivity index (χ4v) is 2.00. The predicted molar refractivity (Wildman–Crippen MR) is 57.8 cm³/mol. The Balaban J connectivity index is 2.35. The summed E-state index contributed by atoms with van der Waals surface area (Å²) in [6, 6.07) is 5.28. The largest absolute Gasteiger partial charge is 0.479 e. The molecule has 15 heavy (non-hydrogen) atoms. The molecule has 0 aliphatic carbocycles. The van der Waals surface area contributed by atoms with E-state index in [2.05, 4.69) is 4.37 Å². The third-order valence-electron chi connectivity index (χ3n) is 1.73. The van der Waals surface area contributed by atoms with Gasteiger partial charge in [0.2, 0.25) is 5.88 Å². The van der Waals surface area contributed by atoms with Crippen LogP contribution in [0, 0.1) is 0 Å². The van der Waals surface area contributed by atoms with Gasteiger partial charge in [0.05, 0.1) is 10.1 Å². The van der Waals surface area contributed by atoms with Crippen LogP contribution in [0.5, 0.6) is 5.88 Å². The van der Waals surface area contributed by atoms with Crippen molar-refractivity contribution in [2.24, 2.45) is 0 Å². The number of hydrogen-bond acceptors (Lipinski definition) is 4. The van der Waals surface area contributed by atoms with Gasteiger partial charge in [-0.1, -0.05) is 11.6 Å². The van der Waals surface area contributed by atoms with E-state index in [-0.39, 0.29) is 0 Å². The molecule has 0 unspecified atom stereocenters. The molecule has 0 amide bonds. The Bertz CT molecular complexity index is 511. The zero-order valence-electron chi connectivity index (χ0n) is 7.44. The summed E-state index contributed by atoms with van der Waals surface area (Å²) in [7, 11) is 0. The van der Waals surface area contributed by atoms with Gasteiger partial charge in [-0.15, -0.1) is 0 Å². The molecule has 0 spiro atoms. The number of carbonyl (C=O) groups is 1. The van der Waals surface area contributed by atoms with Crippen LogP contribution in [0.15, 0.2) is 18.2 Å². The second-order valence-corrected chi connectivity index (χ2v) is 4.05. The zero-order valence-corrected chi connectivity index (χ0v) is 9.01. The van der Waals surface area contributed by atoms with E-state index in [9.17, 15) is 4.79 Å². The number of hydrogen-bond donors (Lipinski definition) is 1. The Hall–Kier alpha value is -1.33. The van der Waals surface area contributed by atoms with Crippen molar-refractivity contribution in [1.29, 1.82) is 0 Å². The average Bonchev–Trinajstić information content (AvgIpc) is 2.57. The molecule has 0 fully saturated rings. The first kappa shape index (κ1) is 10.2. The van der Waals surface area contributed by atoms with Crippen LogP contribution in [0.2, 0.25) is 5.02 Å². The molecule has 78 valence electrons. The minimum absolute atomic E-state index is 0.319. The van der Waals surface area contributed by atoms with Crippen LogP contribution >= 0.6 is 23.1 Å². The first-order valence-electron chi connectivity index (χ1n) is 4.06. The lowest BCUT2D eigenvalue weighted by Gasteiger charge is -1.98. The van der Waals surface area contributed by atoms with Crippen molar-refractivity contribution in [1.82, 2.24) is 4.37 Å². The van der Waals surface area contributed by atoms with Gasteiger partial charge in [0.1, 0.15) is 0 Å². The molecule has 1 aromatic heterocycles. The Morgan fingerprint density at radius 3 is 3.13 bits per heavy atom. The number of nitrogens with zero attached hydrogens (tertiary/aromatic N) is 1. The topological polar surface area (TPSA) is 59.4 Å². The summed E-state index contributed by atoms with van der Waals surface area (Å²) in [4.78, 5) is 10.3. The molecule has 1 heterocycles. The maximum absolute atomic E-state index is 10.3. The average molecular weight is 244 g/mol. The summed E-state index contributed by atoms with van der Waals surface area (Å²) >= 11 is 7.06. The molecule has 0 atom stereocenters. The molecule has 0 saturated carbocycles. The van der Waals surface area contributed by atoms with Gasteiger partial charge in [0.15, 0.2) is 6.61 Å². The van der Waals surface area contributed by atoms with Crippen molar-refractivity contribution >= 4 is 39.2 Å². The highest BCUT2D eigenvalue weighted by atomic mass is 35.5. The number of carboxylic acids is 1. The van der Waals surface area contributed by atoms with E-state index >= 15 is 0 Å². The van der Waals surface area contributed by atoms with Gasteiger partial charge in [-0.05, 0) is 29.7 Å². The second-order valence-electron chi connectivity index (χ2n) is 2.81. The summed E-state index contributed by atoms with van der Waals surface area (Å²) in [5.41, 5.74) is 0. The Morgan fingerprint density at radius 1 is 1.60 bits per heavy atom. The van der Waals surface area contributed by atoms with Gasteiger partial charge in [0.25, 0.3) is 0 Å².